The highest BCUT2D eigenvalue weighted by molar-refractivity contribution is 5.81. The van der Waals surface area contributed by atoms with Crippen LogP contribution in [0.3, 0.4) is 0 Å². The van der Waals surface area contributed by atoms with E-state index in [1.807, 2.05) is 13.8 Å². The molecule has 0 aliphatic carbocycles. The summed E-state index contributed by atoms with van der Waals surface area (Å²) in [5.74, 6) is 0.723. The molecule has 15 heavy (non-hydrogen) atoms. The Labute approximate surface area is 93.8 Å². The normalized spacial score (nSPS) is 15.1. The molecule has 3 nitrogen and oxygen atoms in total. The van der Waals surface area contributed by atoms with Gasteiger partial charge in [0.25, 0.3) is 0 Å². The van der Waals surface area contributed by atoms with E-state index in [-0.39, 0.29) is 18.0 Å². The fourth-order valence-corrected chi connectivity index (χ4v) is 1.44. The molecule has 2 unspecified atom stereocenters. The molecule has 0 bridgehead atoms. The summed E-state index contributed by atoms with van der Waals surface area (Å²) in [5, 5.41) is 2.94. The summed E-state index contributed by atoms with van der Waals surface area (Å²) in [6, 6.07) is -0.105. The van der Waals surface area contributed by atoms with Crippen LogP contribution in [0.1, 0.15) is 53.4 Å². The highest BCUT2D eigenvalue weighted by Gasteiger charge is 2.13. The number of nitrogens with two attached hydrogens (primary N) is 1. The van der Waals surface area contributed by atoms with Gasteiger partial charge in [0.1, 0.15) is 0 Å². The third-order valence-corrected chi connectivity index (χ3v) is 2.58. The molecule has 3 heteroatoms. The van der Waals surface area contributed by atoms with Crippen molar-refractivity contribution in [1.82, 2.24) is 5.32 Å². The molecule has 0 saturated heterocycles. The minimum Gasteiger partial charge on any atom is -0.352 e. The number of hydrogen-bond acceptors (Lipinski definition) is 2. The number of nitrogens with one attached hydrogen (secondary N) is 1. The molecule has 3 N–H and O–H groups in total. The predicted octanol–water partition coefficient (Wildman–Crippen LogP) is 2.05. The Balaban J connectivity index is 3.64. The molecule has 0 spiro atoms. The summed E-state index contributed by atoms with van der Waals surface area (Å²) in [4.78, 5) is 11.4. The van der Waals surface area contributed by atoms with Crippen LogP contribution in [-0.2, 0) is 4.79 Å². The van der Waals surface area contributed by atoms with Crippen LogP contribution in [-0.4, -0.2) is 18.0 Å². The highest BCUT2D eigenvalue weighted by atomic mass is 16.2. The quantitative estimate of drug-likeness (QED) is 0.681. The smallest absolute Gasteiger partial charge is 0.237 e. The van der Waals surface area contributed by atoms with Crippen molar-refractivity contribution in [2.75, 3.05) is 0 Å². The predicted molar refractivity (Wildman–Crippen MR) is 64.6 cm³/mol. The maximum Gasteiger partial charge on any atom is 0.237 e. The Bertz CT molecular complexity index is 180. The molecule has 90 valence electrons. The topological polar surface area (TPSA) is 55.1 Å². The van der Waals surface area contributed by atoms with Crippen LogP contribution < -0.4 is 11.1 Å². The summed E-state index contributed by atoms with van der Waals surface area (Å²) in [6.07, 6.45) is 4.13. The number of carbonyl (C=O) groups excluding carboxylic acids is 1. The number of amides is 1. The summed E-state index contributed by atoms with van der Waals surface area (Å²) in [6.45, 7) is 8.40. The Morgan fingerprint density at radius 3 is 2.33 bits per heavy atom. The van der Waals surface area contributed by atoms with Crippen LogP contribution in [0, 0.1) is 5.92 Å². The summed E-state index contributed by atoms with van der Waals surface area (Å²) in [5.41, 5.74) is 5.63. The summed E-state index contributed by atoms with van der Waals surface area (Å²) < 4.78 is 0. The highest BCUT2D eigenvalue weighted by Crippen LogP contribution is 2.08. The summed E-state index contributed by atoms with van der Waals surface area (Å²) >= 11 is 0. The van der Waals surface area contributed by atoms with E-state index in [1.54, 1.807) is 0 Å². The van der Waals surface area contributed by atoms with Gasteiger partial charge in [-0.25, -0.2) is 0 Å². The van der Waals surface area contributed by atoms with Gasteiger partial charge in [0.05, 0.1) is 6.04 Å². The van der Waals surface area contributed by atoms with Gasteiger partial charge in [-0.05, 0) is 25.7 Å². The molecule has 2 atom stereocenters. The fourth-order valence-electron chi connectivity index (χ4n) is 1.44. The van der Waals surface area contributed by atoms with E-state index in [2.05, 4.69) is 19.2 Å². The zero-order valence-corrected chi connectivity index (χ0v) is 10.5. The van der Waals surface area contributed by atoms with E-state index in [1.165, 1.54) is 12.8 Å². The van der Waals surface area contributed by atoms with Gasteiger partial charge in [-0.2, -0.15) is 0 Å². The second-order valence-electron chi connectivity index (χ2n) is 4.75. The number of carbonyl (C=O) groups is 1. The van der Waals surface area contributed by atoms with Crippen molar-refractivity contribution >= 4 is 5.91 Å². The first-order valence-corrected chi connectivity index (χ1v) is 6.03. The fraction of sp³-hybridized carbons (Fsp3) is 0.917. The Kier molecular flexibility index (Phi) is 7.39. The second kappa shape index (κ2) is 7.69. The SMILES string of the molecule is CCC(N)C(=O)NC(C)CCCC(C)C. The molecule has 0 aromatic heterocycles. The second-order valence-corrected chi connectivity index (χ2v) is 4.75. The monoisotopic (exact) mass is 214 g/mol. The van der Waals surface area contributed by atoms with Gasteiger partial charge < -0.3 is 11.1 Å². The minimum atomic E-state index is -0.349. The molecule has 0 fully saturated rings. The third-order valence-electron chi connectivity index (χ3n) is 2.58. The zero-order chi connectivity index (χ0) is 11.8. The average Bonchev–Trinajstić information content (AvgIpc) is 2.15. The van der Waals surface area contributed by atoms with Crippen LogP contribution in [0.15, 0.2) is 0 Å². The Hall–Kier alpha value is -0.570. The minimum absolute atomic E-state index is 0.0189. The molecule has 0 saturated carbocycles. The summed E-state index contributed by atoms with van der Waals surface area (Å²) in [7, 11) is 0. The average molecular weight is 214 g/mol. The first-order valence-electron chi connectivity index (χ1n) is 6.03. The number of rotatable bonds is 7. The van der Waals surface area contributed by atoms with Crippen molar-refractivity contribution in [3.63, 3.8) is 0 Å². The van der Waals surface area contributed by atoms with Crippen molar-refractivity contribution in [3.05, 3.63) is 0 Å². The van der Waals surface area contributed by atoms with Crippen molar-refractivity contribution in [3.8, 4) is 0 Å². The maximum absolute atomic E-state index is 11.4. The van der Waals surface area contributed by atoms with Crippen LogP contribution in [0.25, 0.3) is 0 Å². The van der Waals surface area contributed by atoms with E-state index in [0.717, 1.165) is 12.3 Å². The molecule has 0 aliphatic heterocycles. The molecule has 0 rings (SSSR count). The molecule has 0 aliphatic rings. The lowest BCUT2D eigenvalue weighted by Gasteiger charge is -2.17. The largest absolute Gasteiger partial charge is 0.352 e. The van der Waals surface area contributed by atoms with Gasteiger partial charge in [0.2, 0.25) is 5.91 Å². The van der Waals surface area contributed by atoms with Crippen LogP contribution >= 0.6 is 0 Å². The lowest BCUT2D eigenvalue weighted by Crippen LogP contribution is -2.44. The van der Waals surface area contributed by atoms with Crippen molar-refractivity contribution in [2.24, 2.45) is 11.7 Å². The van der Waals surface area contributed by atoms with Gasteiger partial charge >= 0.3 is 0 Å². The first-order chi connectivity index (χ1) is 6.97. The van der Waals surface area contributed by atoms with Crippen molar-refractivity contribution in [2.45, 2.75) is 65.5 Å². The zero-order valence-electron chi connectivity index (χ0n) is 10.5. The van der Waals surface area contributed by atoms with Crippen LogP contribution in [0.5, 0.6) is 0 Å². The number of hydrogen-bond donors (Lipinski definition) is 2. The van der Waals surface area contributed by atoms with Gasteiger partial charge in [0, 0.05) is 6.04 Å². The van der Waals surface area contributed by atoms with Crippen molar-refractivity contribution in [1.29, 1.82) is 0 Å². The van der Waals surface area contributed by atoms with Gasteiger partial charge in [-0.15, -0.1) is 0 Å². The lowest BCUT2D eigenvalue weighted by molar-refractivity contribution is -0.123. The molecule has 0 aromatic rings. The Morgan fingerprint density at radius 2 is 1.87 bits per heavy atom. The van der Waals surface area contributed by atoms with Gasteiger partial charge in [0.15, 0.2) is 0 Å². The van der Waals surface area contributed by atoms with E-state index in [0.29, 0.717) is 6.42 Å². The first kappa shape index (κ1) is 14.4. The lowest BCUT2D eigenvalue weighted by atomic mass is 10.0. The van der Waals surface area contributed by atoms with E-state index < -0.39 is 0 Å². The maximum atomic E-state index is 11.4. The van der Waals surface area contributed by atoms with Crippen LogP contribution in [0.2, 0.25) is 0 Å². The Morgan fingerprint density at radius 1 is 1.27 bits per heavy atom. The molecule has 0 radical (unpaired) electrons. The molecular formula is C12H26N2O. The molecule has 1 amide bonds. The van der Waals surface area contributed by atoms with E-state index in [9.17, 15) is 4.79 Å². The standard InChI is InChI=1S/C12H26N2O/c1-5-11(13)12(15)14-10(4)8-6-7-9(2)3/h9-11H,5-8,13H2,1-4H3,(H,14,15). The van der Waals surface area contributed by atoms with Gasteiger partial charge in [-0.3, -0.25) is 4.79 Å². The molecule has 0 heterocycles. The molecule has 0 aromatic carbocycles. The van der Waals surface area contributed by atoms with E-state index in [4.69, 9.17) is 5.73 Å². The van der Waals surface area contributed by atoms with Crippen molar-refractivity contribution < 1.29 is 4.79 Å². The third kappa shape index (κ3) is 7.37. The van der Waals surface area contributed by atoms with E-state index >= 15 is 0 Å². The van der Waals surface area contributed by atoms with Crippen LogP contribution in [0.4, 0.5) is 0 Å². The molecular weight excluding hydrogens is 188 g/mol. The van der Waals surface area contributed by atoms with Gasteiger partial charge in [-0.1, -0.05) is 33.6 Å².